The highest BCUT2D eigenvalue weighted by atomic mass is 19.4. The molecule has 0 aromatic heterocycles. The average molecular weight is 456 g/mol. The molecule has 0 aliphatic heterocycles. The van der Waals surface area contributed by atoms with Gasteiger partial charge in [-0.15, -0.1) is 0 Å². The van der Waals surface area contributed by atoms with Crippen molar-refractivity contribution in [3.63, 3.8) is 0 Å². The van der Waals surface area contributed by atoms with Crippen molar-refractivity contribution < 1.29 is 35.1 Å². The first kappa shape index (κ1) is 23.5. The number of hydrogen-bond acceptors (Lipinski definition) is 0. The molecule has 3 rings (SSSR count). The van der Waals surface area contributed by atoms with Crippen molar-refractivity contribution in [1.82, 2.24) is 0 Å². The molecule has 8 heteroatoms. The van der Waals surface area contributed by atoms with Crippen LogP contribution < -0.4 is 0 Å². The summed E-state index contributed by atoms with van der Waals surface area (Å²) >= 11 is 0. The molecule has 0 amide bonds. The van der Waals surface area contributed by atoms with Crippen LogP contribution in [-0.2, 0) is 12.6 Å². The van der Waals surface area contributed by atoms with Gasteiger partial charge in [0.2, 0.25) is 0 Å². The van der Waals surface area contributed by atoms with E-state index in [1.54, 1.807) is 0 Å². The minimum atomic E-state index is -5.04. The standard InChI is InChI=1S/C24H16F8/c1-13(15-5-3-2-4-6-15)9-14-10-19(26)21(20(27)11-14)23(29)22(28)16-7-8-17(18(25)12-16)24(30,31)32/h2-8,10-13H,9H2,1H3/b23-22+. The fourth-order valence-electron chi connectivity index (χ4n) is 3.32. The third-order valence-electron chi connectivity index (χ3n) is 4.95. The average Bonchev–Trinajstić information content (AvgIpc) is 2.72. The maximum atomic E-state index is 14.5. The maximum absolute atomic E-state index is 14.5. The summed E-state index contributed by atoms with van der Waals surface area (Å²) in [6.07, 6.45) is -4.82. The molecule has 0 spiro atoms. The molecule has 0 aliphatic carbocycles. The van der Waals surface area contributed by atoms with E-state index in [1.165, 1.54) is 0 Å². The van der Waals surface area contributed by atoms with Crippen LogP contribution in [0.15, 0.2) is 60.7 Å². The zero-order chi connectivity index (χ0) is 23.6. The van der Waals surface area contributed by atoms with E-state index >= 15 is 0 Å². The number of rotatable bonds is 5. The molecule has 0 radical (unpaired) electrons. The molecule has 1 atom stereocenters. The van der Waals surface area contributed by atoms with Crippen molar-refractivity contribution in [2.75, 3.05) is 0 Å². The van der Waals surface area contributed by atoms with E-state index in [-0.39, 0.29) is 30.0 Å². The zero-order valence-electron chi connectivity index (χ0n) is 16.6. The quantitative estimate of drug-likeness (QED) is 0.268. The first-order valence-corrected chi connectivity index (χ1v) is 9.44. The monoisotopic (exact) mass is 456 g/mol. The van der Waals surface area contributed by atoms with Crippen LogP contribution >= 0.6 is 0 Å². The lowest BCUT2D eigenvalue weighted by molar-refractivity contribution is -0.140. The summed E-state index contributed by atoms with van der Waals surface area (Å²) in [4.78, 5) is 0. The predicted molar refractivity (Wildman–Crippen MR) is 105 cm³/mol. The Morgan fingerprint density at radius 3 is 1.91 bits per heavy atom. The van der Waals surface area contributed by atoms with Crippen LogP contribution in [-0.4, -0.2) is 0 Å². The van der Waals surface area contributed by atoms with Crippen LogP contribution in [0.2, 0.25) is 0 Å². The second kappa shape index (κ2) is 9.14. The summed E-state index contributed by atoms with van der Waals surface area (Å²) in [7, 11) is 0. The molecule has 1 unspecified atom stereocenters. The first-order valence-electron chi connectivity index (χ1n) is 9.44. The number of benzene rings is 3. The fraction of sp³-hybridized carbons (Fsp3) is 0.167. The molecule has 0 bridgehead atoms. The van der Waals surface area contributed by atoms with Crippen molar-refractivity contribution in [1.29, 1.82) is 0 Å². The number of alkyl halides is 3. The summed E-state index contributed by atoms with van der Waals surface area (Å²) in [6.45, 7) is 1.83. The SMILES string of the molecule is CC(Cc1cc(F)c(/C(F)=C(\F)c2ccc(C(F)(F)F)c(F)c2)c(F)c1)c1ccccc1. The van der Waals surface area contributed by atoms with Gasteiger partial charge in [-0.2, -0.15) is 13.2 Å². The molecule has 0 N–H and O–H groups in total. The van der Waals surface area contributed by atoms with E-state index < -0.39 is 52.0 Å². The molecule has 0 heterocycles. The van der Waals surface area contributed by atoms with Crippen molar-refractivity contribution in [3.8, 4) is 0 Å². The number of hydrogen-bond donors (Lipinski definition) is 0. The van der Waals surface area contributed by atoms with E-state index in [2.05, 4.69) is 0 Å². The Morgan fingerprint density at radius 1 is 0.781 bits per heavy atom. The van der Waals surface area contributed by atoms with E-state index in [4.69, 9.17) is 0 Å². The smallest absolute Gasteiger partial charge is 0.206 e. The largest absolute Gasteiger partial charge is 0.419 e. The Hall–Kier alpha value is -3.16. The van der Waals surface area contributed by atoms with Gasteiger partial charge in [-0.25, -0.2) is 22.0 Å². The first-order chi connectivity index (χ1) is 15.0. The highest BCUT2D eigenvalue weighted by molar-refractivity contribution is 5.83. The van der Waals surface area contributed by atoms with Crippen molar-refractivity contribution in [2.45, 2.75) is 25.4 Å². The maximum Gasteiger partial charge on any atom is 0.419 e. The van der Waals surface area contributed by atoms with Crippen LogP contribution in [0.25, 0.3) is 11.7 Å². The minimum absolute atomic E-state index is 0.115. The van der Waals surface area contributed by atoms with E-state index in [0.717, 1.165) is 17.7 Å². The molecule has 0 aliphatic rings. The van der Waals surface area contributed by atoms with E-state index in [0.29, 0.717) is 6.07 Å². The zero-order valence-corrected chi connectivity index (χ0v) is 16.6. The highest BCUT2D eigenvalue weighted by Crippen LogP contribution is 2.36. The lowest BCUT2D eigenvalue weighted by atomic mass is 9.93. The van der Waals surface area contributed by atoms with E-state index in [1.807, 2.05) is 37.3 Å². The summed E-state index contributed by atoms with van der Waals surface area (Å²) in [5.74, 6) is -8.61. The Bertz CT molecular complexity index is 1120. The van der Waals surface area contributed by atoms with Gasteiger partial charge in [0.25, 0.3) is 0 Å². The van der Waals surface area contributed by atoms with Crippen molar-refractivity contribution >= 4 is 11.7 Å². The van der Waals surface area contributed by atoms with Crippen LogP contribution in [0.3, 0.4) is 0 Å². The van der Waals surface area contributed by atoms with Gasteiger partial charge in [0.05, 0.1) is 11.1 Å². The third-order valence-corrected chi connectivity index (χ3v) is 4.95. The topological polar surface area (TPSA) is 0 Å². The Balaban J connectivity index is 1.93. The lowest BCUT2D eigenvalue weighted by Crippen LogP contribution is -2.08. The van der Waals surface area contributed by atoms with Gasteiger partial charge >= 0.3 is 6.18 Å². The van der Waals surface area contributed by atoms with Gasteiger partial charge in [-0.05, 0) is 47.7 Å². The molecule has 3 aromatic rings. The summed E-state index contributed by atoms with van der Waals surface area (Å²) in [6, 6.07) is 11.6. The van der Waals surface area contributed by atoms with Gasteiger partial charge in [0.15, 0.2) is 11.7 Å². The Labute approximate surface area is 178 Å². The molecular formula is C24H16F8. The van der Waals surface area contributed by atoms with Crippen LogP contribution in [0.1, 0.15) is 40.7 Å². The van der Waals surface area contributed by atoms with E-state index in [9.17, 15) is 35.1 Å². The molecular weight excluding hydrogens is 440 g/mol. The summed E-state index contributed by atoms with van der Waals surface area (Å²) in [5.41, 5.74) is -2.80. The number of halogens is 8. The molecule has 32 heavy (non-hydrogen) atoms. The van der Waals surface area contributed by atoms with Crippen molar-refractivity contribution in [2.24, 2.45) is 0 Å². The van der Waals surface area contributed by atoms with Crippen LogP contribution in [0.5, 0.6) is 0 Å². The van der Waals surface area contributed by atoms with Gasteiger partial charge in [-0.1, -0.05) is 43.3 Å². The summed E-state index contributed by atoms with van der Waals surface area (Å²) < 4.78 is 110. The van der Waals surface area contributed by atoms with Gasteiger partial charge in [0, 0.05) is 5.56 Å². The second-order valence-electron chi connectivity index (χ2n) is 7.27. The Morgan fingerprint density at radius 2 is 1.38 bits per heavy atom. The van der Waals surface area contributed by atoms with Gasteiger partial charge in [-0.3, -0.25) is 0 Å². The normalized spacial score (nSPS) is 13.7. The van der Waals surface area contributed by atoms with Crippen LogP contribution in [0.4, 0.5) is 35.1 Å². The fourth-order valence-corrected chi connectivity index (χ4v) is 3.32. The predicted octanol–water partition coefficient (Wildman–Crippen LogP) is 8.23. The highest BCUT2D eigenvalue weighted by Gasteiger charge is 2.34. The molecule has 0 saturated carbocycles. The molecule has 0 nitrogen and oxygen atoms in total. The summed E-state index contributed by atoms with van der Waals surface area (Å²) in [5, 5.41) is 0. The lowest BCUT2D eigenvalue weighted by Gasteiger charge is -2.14. The van der Waals surface area contributed by atoms with Gasteiger partial charge < -0.3 is 0 Å². The van der Waals surface area contributed by atoms with Crippen LogP contribution in [0, 0.1) is 17.5 Å². The van der Waals surface area contributed by atoms with Crippen molar-refractivity contribution in [3.05, 3.63) is 106 Å². The van der Waals surface area contributed by atoms with Gasteiger partial charge in [0.1, 0.15) is 17.5 Å². The molecule has 0 saturated heterocycles. The minimum Gasteiger partial charge on any atom is -0.206 e. The molecule has 168 valence electrons. The third kappa shape index (κ3) is 5.00. The molecule has 0 fully saturated rings. The Kier molecular flexibility index (Phi) is 6.71. The second-order valence-corrected chi connectivity index (χ2v) is 7.27. The molecule has 3 aromatic carbocycles.